The van der Waals surface area contributed by atoms with Crippen LogP contribution in [-0.2, 0) is 4.74 Å². The van der Waals surface area contributed by atoms with Crippen molar-refractivity contribution >= 4 is 6.09 Å². The number of hydrogen-bond donors (Lipinski definition) is 1. The van der Waals surface area contributed by atoms with Crippen molar-refractivity contribution in [1.82, 2.24) is 4.90 Å². The fourth-order valence-electron chi connectivity index (χ4n) is 2.79. The number of aliphatic hydroxyl groups is 1. The molecule has 0 aliphatic carbocycles. The van der Waals surface area contributed by atoms with E-state index in [1.165, 1.54) is 12.1 Å². The molecule has 122 valence electrons. The molecule has 0 saturated carbocycles. The average Bonchev–Trinajstić information content (AvgIpc) is 2.38. The molecule has 1 N–H and O–H groups in total. The van der Waals surface area contributed by atoms with Crippen molar-refractivity contribution in [3.8, 4) is 0 Å². The van der Waals surface area contributed by atoms with E-state index in [2.05, 4.69) is 0 Å². The van der Waals surface area contributed by atoms with Crippen LogP contribution in [-0.4, -0.2) is 40.9 Å². The Morgan fingerprint density at radius 2 is 2.09 bits per heavy atom. The normalized spacial score (nSPS) is 22.5. The maximum atomic E-state index is 13.3. The number of carbonyl (C=O) groups is 1. The van der Waals surface area contributed by atoms with Gasteiger partial charge in [-0.2, -0.15) is 0 Å². The minimum absolute atomic E-state index is 0.220. The molecule has 2 rings (SSSR count). The Labute approximate surface area is 130 Å². The summed E-state index contributed by atoms with van der Waals surface area (Å²) in [6.07, 6.45) is -0.423. The van der Waals surface area contributed by atoms with Crippen LogP contribution in [0, 0.1) is 12.7 Å². The highest BCUT2D eigenvalue weighted by Crippen LogP contribution is 2.30. The quantitative estimate of drug-likeness (QED) is 0.866. The number of amides is 1. The van der Waals surface area contributed by atoms with E-state index < -0.39 is 11.7 Å². The molecule has 1 fully saturated rings. The lowest BCUT2D eigenvalue weighted by atomic mass is 9.86. The molecule has 2 unspecified atom stereocenters. The maximum Gasteiger partial charge on any atom is 0.410 e. The highest BCUT2D eigenvalue weighted by Gasteiger charge is 2.34. The summed E-state index contributed by atoms with van der Waals surface area (Å²) in [6.45, 7) is 8.13. The topological polar surface area (TPSA) is 49.8 Å². The molecule has 1 aliphatic rings. The minimum Gasteiger partial charge on any atom is -0.444 e. The molecule has 1 heterocycles. The van der Waals surface area contributed by atoms with Gasteiger partial charge in [-0.05, 0) is 57.4 Å². The van der Waals surface area contributed by atoms with Crippen LogP contribution in [0.3, 0.4) is 0 Å². The first kappa shape index (κ1) is 16.7. The predicted octanol–water partition coefficient (Wildman–Crippen LogP) is 3.22. The van der Waals surface area contributed by atoms with Gasteiger partial charge in [0.15, 0.2) is 0 Å². The zero-order valence-electron chi connectivity index (χ0n) is 13.6. The van der Waals surface area contributed by atoms with Crippen molar-refractivity contribution < 1.29 is 19.0 Å². The fraction of sp³-hybridized carbons (Fsp3) is 0.588. The van der Waals surface area contributed by atoms with Gasteiger partial charge in [-0.15, -0.1) is 0 Å². The van der Waals surface area contributed by atoms with Gasteiger partial charge in [0, 0.05) is 19.0 Å². The molecule has 0 spiro atoms. The number of likely N-dealkylation sites (tertiary alicyclic amines) is 1. The Balaban J connectivity index is 2.16. The Morgan fingerprint density at radius 3 is 2.68 bits per heavy atom. The molecule has 5 heteroatoms. The van der Waals surface area contributed by atoms with Gasteiger partial charge in [0.05, 0.1) is 6.10 Å². The molecule has 1 amide bonds. The summed E-state index contributed by atoms with van der Waals surface area (Å²) in [5, 5.41) is 10.3. The Morgan fingerprint density at radius 1 is 1.41 bits per heavy atom. The maximum absolute atomic E-state index is 13.3. The van der Waals surface area contributed by atoms with Gasteiger partial charge in [-0.3, -0.25) is 0 Å². The molecule has 0 radical (unpaired) electrons. The highest BCUT2D eigenvalue weighted by atomic mass is 19.1. The molecule has 22 heavy (non-hydrogen) atoms. The van der Waals surface area contributed by atoms with Gasteiger partial charge in [-0.25, -0.2) is 9.18 Å². The van der Waals surface area contributed by atoms with E-state index in [9.17, 15) is 14.3 Å². The van der Waals surface area contributed by atoms with Crippen molar-refractivity contribution in [2.45, 2.75) is 51.7 Å². The number of carbonyl (C=O) groups excluding carboxylic acids is 1. The fourth-order valence-corrected chi connectivity index (χ4v) is 2.79. The minimum atomic E-state index is -0.547. The molecule has 0 aromatic heterocycles. The van der Waals surface area contributed by atoms with E-state index in [1.807, 2.05) is 27.7 Å². The Bertz CT molecular complexity index is 553. The average molecular weight is 309 g/mol. The smallest absolute Gasteiger partial charge is 0.410 e. The molecule has 4 nitrogen and oxygen atoms in total. The van der Waals surface area contributed by atoms with Gasteiger partial charge >= 0.3 is 6.09 Å². The van der Waals surface area contributed by atoms with Crippen LogP contribution in [0.1, 0.15) is 44.2 Å². The van der Waals surface area contributed by atoms with Gasteiger partial charge in [-0.1, -0.05) is 6.07 Å². The number of rotatable bonds is 1. The molecular formula is C17H24FNO3. The summed E-state index contributed by atoms with van der Waals surface area (Å²) < 4.78 is 18.6. The number of ether oxygens (including phenoxy) is 1. The third kappa shape index (κ3) is 3.97. The first-order valence-electron chi connectivity index (χ1n) is 7.59. The standard InChI is InChI=1S/C17H24FNO3/c1-11-9-12(18)5-6-13(11)14-10-19(8-7-15(14)20)16(21)22-17(2,3)4/h5-6,9,14-15,20H,7-8,10H2,1-4H3. The lowest BCUT2D eigenvalue weighted by Gasteiger charge is -2.37. The molecule has 2 atom stereocenters. The monoisotopic (exact) mass is 309 g/mol. The number of piperidine rings is 1. The van der Waals surface area contributed by atoms with Gasteiger partial charge in [0.25, 0.3) is 0 Å². The molecule has 0 bridgehead atoms. The summed E-state index contributed by atoms with van der Waals surface area (Å²) in [5.41, 5.74) is 1.12. The zero-order chi connectivity index (χ0) is 16.5. The summed E-state index contributed by atoms with van der Waals surface area (Å²) >= 11 is 0. The number of halogens is 1. The van der Waals surface area contributed by atoms with Crippen LogP contribution < -0.4 is 0 Å². The second kappa shape index (κ2) is 6.24. The zero-order valence-corrected chi connectivity index (χ0v) is 13.6. The number of aryl methyl sites for hydroxylation is 1. The van der Waals surface area contributed by atoms with Gasteiger partial charge in [0.1, 0.15) is 11.4 Å². The van der Waals surface area contributed by atoms with Crippen LogP contribution in [0.2, 0.25) is 0 Å². The second-order valence-electron chi connectivity index (χ2n) is 6.89. The number of aliphatic hydroxyl groups excluding tert-OH is 1. The third-order valence-corrected chi connectivity index (χ3v) is 3.86. The third-order valence-electron chi connectivity index (χ3n) is 3.86. The van der Waals surface area contributed by atoms with Crippen molar-refractivity contribution in [3.63, 3.8) is 0 Å². The molecular weight excluding hydrogens is 285 g/mol. The molecule has 1 aliphatic heterocycles. The molecule has 1 saturated heterocycles. The predicted molar refractivity (Wildman–Crippen MR) is 82.3 cm³/mol. The SMILES string of the molecule is Cc1cc(F)ccc1C1CN(C(=O)OC(C)(C)C)CCC1O. The van der Waals surface area contributed by atoms with Crippen molar-refractivity contribution in [3.05, 3.63) is 35.1 Å². The van der Waals surface area contributed by atoms with E-state index in [-0.39, 0.29) is 17.8 Å². The summed E-state index contributed by atoms with van der Waals surface area (Å²) in [7, 11) is 0. The number of nitrogens with zero attached hydrogens (tertiary/aromatic N) is 1. The van der Waals surface area contributed by atoms with Crippen LogP contribution in [0.25, 0.3) is 0 Å². The Hall–Kier alpha value is -1.62. The summed E-state index contributed by atoms with van der Waals surface area (Å²) in [5.74, 6) is -0.516. The van der Waals surface area contributed by atoms with Crippen LogP contribution in [0.5, 0.6) is 0 Å². The lowest BCUT2D eigenvalue weighted by Crippen LogP contribution is -2.46. The summed E-state index contributed by atoms with van der Waals surface area (Å²) in [6, 6.07) is 4.53. The Kier molecular flexibility index (Phi) is 4.75. The van der Waals surface area contributed by atoms with Gasteiger partial charge in [0.2, 0.25) is 0 Å². The van der Waals surface area contributed by atoms with Crippen molar-refractivity contribution in [2.24, 2.45) is 0 Å². The van der Waals surface area contributed by atoms with E-state index in [4.69, 9.17) is 4.74 Å². The van der Waals surface area contributed by atoms with E-state index in [1.54, 1.807) is 11.0 Å². The first-order chi connectivity index (χ1) is 10.2. The van der Waals surface area contributed by atoms with Gasteiger partial charge < -0.3 is 14.7 Å². The van der Waals surface area contributed by atoms with Crippen LogP contribution in [0.15, 0.2) is 18.2 Å². The number of benzene rings is 1. The molecule has 1 aromatic rings. The molecule has 1 aromatic carbocycles. The van der Waals surface area contributed by atoms with E-state index in [0.717, 1.165) is 11.1 Å². The first-order valence-corrected chi connectivity index (χ1v) is 7.59. The van der Waals surface area contributed by atoms with Crippen LogP contribution in [0.4, 0.5) is 9.18 Å². The summed E-state index contributed by atoms with van der Waals surface area (Å²) in [4.78, 5) is 13.8. The van der Waals surface area contributed by atoms with Crippen molar-refractivity contribution in [1.29, 1.82) is 0 Å². The second-order valence-corrected chi connectivity index (χ2v) is 6.89. The largest absolute Gasteiger partial charge is 0.444 e. The highest BCUT2D eigenvalue weighted by molar-refractivity contribution is 5.68. The number of hydrogen-bond acceptors (Lipinski definition) is 3. The van der Waals surface area contributed by atoms with Crippen LogP contribution >= 0.6 is 0 Å². The lowest BCUT2D eigenvalue weighted by molar-refractivity contribution is 0.00399. The van der Waals surface area contributed by atoms with Crippen molar-refractivity contribution in [2.75, 3.05) is 13.1 Å². The van der Waals surface area contributed by atoms with E-state index >= 15 is 0 Å². The van der Waals surface area contributed by atoms with E-state index in [0.29, 0.717) is 19.5 Å².